The highest BCUT2D eigenvalue weighted by molar-refractivity contribution is 7.89. The summed E-state index contributed by atoms with van der Waals surface area (Å²) < 4.78 is 71.7. The van der Waals surface area contributed by atoms with Crippen LogP contribution in [0.5, 0.6) is 11.5 Å². The van der Waals surface area contributed by atoms with Gasteiger partial charge in [0.15, 0.2) is 0 Å². The maximum atomic E-state index is 12.5. The van der Waals surface area contributed by atoms with Gasteiger partial charge in [-0.3, -0.25) is 0 Å². The molecule has 26 heavy (non-hydrogen) atoms. The van der Waals surface area contributed by atoms with E-state index in [0.29, 0.717) is 12.2 Å². The van der Waals surface area contributed by atoms with E-state index in [-0.39, 0.29) is 11.4 Å². The second kappa shape index (κ2) is 7.96. The van der Waals surface area contributed by atoms with Crippen molar-refractivity contribution >= 4 is 10.0 Å². The summed E-state index contributed by atoms with van der Waals surface area (Å²) in [6.07, 6.45) is -4.40. The number of para-hydroxylation sites is 1. The van der Waals surface area contributed by atoms with Gasteiger partial charge in [0.05, 0.1) is 12.0 Å². The van der Waals surface area contributed by atoms with Crippen LogP contribution in [0.1, 0.15) is 5.56 Å². The molecule has 0 saturated carbocycles. The van der Waals surface area contributed by atoms with E-state index in [1.165, 1.54) is 14.2 Å². The number of rotatable bonds is 7. The standard InChI is InChI=1S/C17H18F3NO4S/c1-21(12-11-13-5-3-4-6-16(13)24-2)26(22,23)15-9-7-14(8-10-15)25-17(18,19)20/h3-10H,11-12H2,1-2H3. The van der Waals surface area contributed by atoms with Crippen LogP contribution in [0, 0.1) is 0 Å². The molecule has 2 aromatic carbocycles. The first-order chi connectivity index (χ1) is 12.1. The molecule has 9 heteroatoms. The first kappa shape index (κ1) is 20.1. The van der Waals surface area contributed by atoms with Crippen LogP contribution in [0.2, 0.25) is 0 Å². The summed E-state index contributed by atoms with van der Waals surface area (Å²) >= 11 is 0. The maximum Gasteiger partial charge on any atom is 0.573 e. The zero-order valence-corrected chi connectivity index (χ0v) is 15.0. The van der Waals surface area contributed by atoms with Gasteiger partial charge >= 0.3 is 6.36 Å². The first-order valence-electron chi connectivity index (χ1n) is 7.57. The molecule has 0 unspecified atom stereocenters. The Balaban J connectivity index is 2.08. The molecule has 0 heterocycles. The Morgan fingerprint density at radius 3 is 2.23 bits per heavy atom. The zero-order chi connectivity index (χ0) is 19.4. The fourth-order valence-electron chi connectivity index (χ4n) is 2.30. The summed E-state index contributed by atoms with van der Waals surface area (Å²) in [4.78, 5) is -0.116. The molecule has 0 aliphatic carbocycles. The number of alkyl halides is 3. The van der Waals surface area contributed by atoms with E-state index in [2.05, 4.69) is 4.74 Å². The molecule has 0 fully saturated rings. The molecular weight excluding hydrogens is 371 g/mol. The third-order valence-corrected chi connectivity index (χ3v) is 5.53. The summed E-state index contributed by atoms with van der Waals surface area (Å²) in [5.74, 6) is 0.181. The number of benzene rings is 2. The van der Waals surface area contributed by atoms with E-state index in [4.69, 9.17) is 4.74 Å². The number of nitrogens with zero attached hydrogens (tertiary/aromatic N) is 1. The fraction of sp³-hybridized carbons (Fsp3) is 0.294. The third-order valence-electron chi connectivity index (χ3n) is 3.65. The molecule has 0 N–H and O–H groups in total. The van der Waals surface area contributed by atoms with Crippen LogP contribution in [0.25, 0.3) is 0 Å². The third kappa shape index (κ3) is 5.12. The summed E-state index contributed by atoms with van der Waals surface area (Å²) in [5, 5.41) is 0. The molecule has 0 saturated heterocycles. The average Bonchev–Trinajstić information content (AvgIpc) is 2.58. The molecule has 0 aliphatic heterocycles. The van der Waals surface area contributed by atoms with Gasteiger partial charge in [0.2, 0.25) is 10.0 Å². The predicted molar refractivity (Wildman–Crippen MR) is 89.6 cm³/mol. The number of halogens is 3. The number of hydrogen-bond donors (Lipinski definition) is 0. The van der Waals surface area contributed by atoms with E-state index in [1.54, 1.807) is 6.07 Å². The number of methoxy groups -OCH3 is 1. The lowest BCUT2D eigenvalue weighted by molar-refractivity contribution is -0.274. The molecule has 0 spiro atoms. The highest BCUT2D eigenvalue weighted by atomic mass is 32.2. The molecule has 0 bridgehead atoms. The highest BCUT2D eigenvalue weighted by Gasteiger charge is 2.31. The molecule has 0 radical (unpaired) electrons. The van der Waals surface area contributed by atoms with E-state index in [0.717, 1.165) is 34.1 Å². The second-order valence-corrected chi connectivity index (χ2v) is 7.45. The summed E-state index contributed by atoms with van der Waals surface area (Å²) in [6.45, 7) is 0.184. The first-order valence-corrected chi connectivity index (χ1v) is 9.01. The highest BCUT2D eigenvalue weighted by Crippen LogP contribution is 2.25. The lowest BCUT2D eigenvalue weighted by atomic mass is 10.1. The minimum absolute atomic E-state index is 0.116. The fourth-order valence-corrected chi connectivity index (χ4v) is 3.47. The van der Waals surface area contributed by atoms with Crippen LogP contribution in [0.3, 0.4) is 0 Å². The molecule has 142 valence electrons. The smallest absolute Gasteiger partial charge is 0.496 e. The van der Waals surface area contributed by atoms with Crippen molar-refractivity contribution in [3.63, 3.8) is 0 Å². The Hall–Kier alpha value is -2.26. The van der Waals surface area contributed by atoms with Crippen molar-refractivity contribution in [2.24, 2.45) is 0 Å². The molecule has 2 aromatic rings. The molecule has 0 aromatic heterocycles. The van der Waals surface area contributed by atoms with Crippen molar-refractivity contribution < 1.29 is 31.1 Å². The largest absolute Gasteiger partial charge is 0.573 e. The van der Waals surface area contributed by atoms with Crippen LogP contribution < -0.4 is 9.47 Å². The van der Waals surface area contributed by atoms with Gasteiger partial charge in [-0.25, -0.2) is 12.7 Å². The zero-order valence-electron chi connectivity index (χ0n) is 14.2. The van der Waals surface area contributed by atoms with E-state index in [9.17, 15) is 21.6 Å². The Morgan fingerprint density at radius 1 is 1.04 bits per heavy atom. The van der Waals surface area contributed by atoms with Gasteiger partial charge in [0.1, 0.15) is 11.5 Å². The molecular formula is C17H18F3NO4S. The minimum atomic E-state index is -4.83. The van der Waals surface area contributed by atoms with Crippen LogP contribution >= 0.6 is 0 Å². The summed E-state index contributed by atoms with van der Waals surface area (Å²) in [6, 6.07) is 11.3. The van der Waals surface area contributed by atoms with Crippen molar-refractivity contribution in [2.45, 2.75) is 17.7 Å². The second-order valence-electron chi connectivity index (χ2n) is 5.41. The number of likely N-dealkylation sites (N-methyl/N-ethyl adjacent to an activating group) is 1. The van der Waals surface area contributed by atoms with Crippen LogP contribution in [0.4, 0.5) is 13.2 Å². The van der Waals surface area contributed by atoms with E-state index >= 15 is 0 Å². The molecule has 5 nitrogen and oxygen atoms in total. The minimum Gasteiger partial charge on any atom is -0.496 e. The van der Waals surface area contributed by atoms with E-state index in [1.807, 2.05) is 18.2 Å². The quantitative estimate of drug-likeness (QED) is 0.728. The predicted octanol–water partition coefficient (Wildman–Crippen LogP) is 3.46. The Labute approximate surface area is 150 Å². The lowest BCUT2D eigenvalue weighted by Gasteiger charge is -2.18. The van der Waals surface area contributed by atoms with Gasteiger partial charge < -0.3 is 9.47 Å². The molecule has 2 rings (SSSR count). The summed E-state index contributed by atoms with van der Waals surface area (Å²) in [7, 11) is -0.894. The van der Waals surface area contributed by atoms with Gasteiger partial charge in [0.25, 0.3) is 0 Å². The van der Waals surface area contributed by atoms with Gasteiger partial charge in [-0.2, -0.15) is 0 Å². The van der Waals surface area contributed by atoms with Gasteiger partial charge in [-0.05, 0) is 42.3 Å². The van der Waals surface area contributed by atoms with Gasteiger partial charge in [-0.1, -0.05) is 18.2 Å². The normalized spacial score (nSPS) is 12.2. The maximum absolute atomic E-state index is 12.5. The Morgan fingerprint density at radius 2 is 1.65 bits per heavy atom. The van der Waals surface area contributed by atoms with Crippen molar-refractivity contribution in [3.8, 4) is 11.5 Å². The number of ether oxygens (including phenoxy) is 2. The van der Waals surface area contributed by atoms with E-state index < -0.39 is 22.1 Å². The van der Waals surface area contributed by atoms with Crippen molar-refractivity contribution in [3.05, 3.63) is 54.1 Å². The van der Waals surface area contributed by atoms with Crippen LogP contribution in [-0.4, -0.2) is 39.8 Å². The monoisotopic (exact) mass is 389 g/mol. The van der Waals surface area contributed by atoms with Gasteiger partial charge in [-0.15, -0.1) is 13.2 Å². The molecule has 0 aliphatic rings. The van der Waals surface area contributed by atoms with Gasteiger partial charge in [0, 0.05) is 13.6 Å². The number of hydrogen-bond acceptors (Lipinski definition) is 4. The SMILES string of the molecule is COc1ccccc1CCN(C)S(=O)(=O)c1ccc(OC(F)(F)F)cc1. The van der Waals surface area contributed by atoms with Crippen LogP contribution in [-0.2, 0) is 16.4 Å². The average molecular weight is 389 g/mol. The topological polar surface area (TPSA) is 55.8 Å². The van der Waals surface area contributed by atoms with Crippen LogP contribution in [0.15, 0.2) is 53.4 Å². The van der Waals surface area contributed by atoms with Crippen molar-refractivity contribution in [2.75, 3.05) is 20.7 Å². The van der Waals surface area contributed by atoms with Crippen molar-refractivity contribution in [1.29, 1.82) is 0 Å². The molecule has 0 atom stereocenters. The summed E-state index contributed by atoms with van der Waals surface area (Å²) in [5.41, 5.74) is 0.853. The Bertz CT molecular complexity index is 836. The Kier molecular flexibility index (Phi) is 6.14. The lowest BCUT2D eigenvalue weighted by Crippen LogP contribution is -2.29. The van der Waals surface area contributed by atoms with Crippen molar-refractivity contribution in [1.82, 2.24) is 4.31 Å². The molecule has 0 amide bonds. The number of sulfonamides is 1.